The summed E-state index contributed by atoms with van der Waals surface area (Å²) in [6.07, 6.45) is 0. The molecule has 0 radical (unpaired) electrons. The van der Waals surface area contributed by atoms with E-state index in [2.05, 4.69) is 9.88 Å². The molecule has 3 aromatic carbocycles. The van der Waals surface area contributed by atoms with E-state index in [1.807, 2.05) is 29.7 Å². The molecule has 0 unspecified atom stereocenters. The summed E-state index contributed by atoms with van der Waals surface area (Å²) in [5.74, 6) is -0.677. The fraction of sp³-hybridized carbons (Fsp3) is 0.217. The van der Waals surface area contributed by atoms with Gasteiger partial charge in [-0.3, -0.25) is 4.57 Å². The lowest BCUT2D eigenvalue weighted by molar-refractivity contribution is 0.0699. The molecule has 2 heterocycles. The minimum absolute atomic E-state index is 0.155. The van der Waals surface area contributed by atoms with Gasteiger partial charge in [0.05, 0.1) is 30.0 Å². The smallest absolute Gasteiger partial charge is 0.338 e. The lowest BCUT2D eigenvalue weighted by Crippen LogP contribution is -2.36. The molecular weight excluding hydrogens is 385 g/mol. The van der Waals surface area contributed by atoms with Gasteiger partial charge in [0.25, 0.3) is 0 Å². The molecule has 7 heteroatoms. The van der Waals surface area contributed by atoms with Gasteiger partial charge < -0.3 is 14.7 Å². The fourth-order valence-corrected chi connectivity index (χ4v) is 4.19. The van der Waals surface area contributed by atoms with Crippen LogP contribution in [0.3, 0.4) is 0 Å². The van der Waals surface area contributed by atoms with Crippen LogP contribution in [0, 0.1) is 12.7 Å². The van der Waals surface area contributed by atoms with Gasteiger partial charge >= 0.3 is 5.97 Å². The number of carboxylic acid groups (broad SMARTS) is 1. The van der Waals surface area contributed by atoms with Crippen LogP contribution in [0.25, 0.3) is 27.5 Å². The number of aromatic carboxylic acids is 1. The maximum atomic E-state index is 14.4. The highest BCUT2D eigenvalue weighted by Gasteiger charge is 2.22. The lowest BCUT2D eigenvalue weighted by atomic mass is 10.1. The van der Waals surface area contributed by atoms with Gasteiger partial charge in [-0.05, 0) is 31.2 Å². The number of carboxylic acids is 1. The van der Waals surface area contributed by atoms with Crippen molar-refractivity contribution in [3.8, 4) is 5.69 Å². The van der Waals surface area contributed by atoms with Crippen LogP contribution in [-0.4, -0.2) is 46.9 Å². The highest BCUT2D eigenvalue weighted by molar-refractivity contribution is 6.04. The normalized spacial score (nSPS) is 14.5. The second kappa shape index (κ2) is 7.11. The van der Waals surface area contributed by atoms with Gasteiger partial charge in [-0.25, -0.2) is 14.2 Å². The van der Waals surface area contributed by atoms with Crippen LogP contribution in [-0.2, 0) is 4.74 Å². The molecule has 1 aliphatic rings. The Labute approximate surface area is 172 Å². The minimum Gasteiger partial charge on any atom is -0.478 e. The first-order chi connectivity index (χ1) is 14.5. The quantitative estimate of drug-likeness (QED) is 0.554. The number of benzene rings is 3. The van der Waals surface area contributed by atoms with Crippen molar-refractivity contribution in [2.75, 3.05) is 31.2 Å². The number of hydrogen-bond donors (Lipinski definition) is 1. The maximum absolute atomic E-state index is 14.4. The van der Waals surface area contributed by atoms with E-state index in [4.69, 9.17) is 4.74 Å². The van der Waals surface area contributed by atoms with E-state index in [1.54, 1.807) is 24.3 Å². The fourth-order valence-electron chi connectivity index (χ4n) is 4.19. The summed E-state index contributed by atoms with van der Waals surface area (Å²) in [6, 6.07) is 14.1. The number of rotatable bonds is 3. The molecule has 4 aromatic rings. The van der Waals surface area contributed by atoms with Crippen LogP contribution in [0.2, 0.25) is 0 Å². The average Bonchev–Trinajstić information content (AvgIpc) is 3.09. The average molecular weight is 405 g/mol. The van der Waals surface area contributed by atoms with Crippen molar-refractivity contribution in [3.05, 3.63) is 65.7 Å². The van der Waals surface area contributed by atoms with Crippen molar-refractivity contribution in [2.24, 2.45) is 0 Å². The molecule has 0 bridgehead atoms. The van der Waals surface area contributed by atoms with Gasteiger partial charge in [0.15, 0.2) is 0 Å². The molecule has 152 valence electrons. The predicted octanol–water partition coefficient (Wildman–Crippen LogP) is 4.16. The molecule has 0 spiro atoms. The molecule has 0 atom stereocenters. The number of halogens is 1. The first-order valence-corrected chi connectivity index (χ1v) is 9.81. The number of aryl methyl sites for hydroxylation is 1. The number of anilines is 1. The number of aromatic nitrogens is 2. The Morgan fingerprint density at radius 1 is 1.10 bits per heavy atom. The molecule has 0 saturated carbocycles. The van der Waals surface area contributed by atoms with Crippen LogP contribution >= 0.6 is 0 Å². The van der Waals surface area contributed by atoms with Crippen molar-refractivity contribution in [3.63, 3.8) is 0 Å². The SMILES string of the molecule is Cc1nc2c(C(=O)O)cc(N3CCOCC3)cc2n1-c1ccc(F)c2ccccc12. The summed E-state index contributed by atoms with van der Waals surface area (Å²) in [5, 5.41) is 11.1. The van der Waals surface area contributed by atoms with Crippen molar-refractivity contribution in [1.82, 2.24) is 9.55 Å². The number of fused-ring (bicyclic) bond motifs is 2. The van der Waals surface area contributed by atoms with E-state index in [-0.39, 0.29) is 11.4 Å². The number of nitrogens with zero attached hydrogens (tertiary/aromatic N) is 3. The van der Waals surface area contributed by atoms with Crippen molar-refractivity contribution >= 4 is 33.5 Å². The van der Waals surface area contributed by atoms with Crippen LogP contribution in [0.4, 0.5) is 10.1 Å². The molecule has 0 aliphatic carbocycles. The van der Waals surface area contributed by atoms with E-state index in [0.717, 1.165) is 16.8 Å². The third kappa shape index (κ3) is 2.90. The van der Waals surface area contributed by atoms with Crippen LogP contribution in [0.1, 0.15) is 16.2 Å². The van der Waals surface area contributed by atoms with Gasteiger partial charge in [-0.2, -0.15) is 0 Å². The predicted molar refractivity (Wildman–Crippen MR) is 113 cm³/mol. The third-order valence-electron chi connectivity index (χ3n) is 5.61. The molecule has 30 heavy (non-hydrogen) atoms. The number of hydrogen-bond acceptors (Lipinski definition) is 4. The lowest BCUT2D eigenvalue weighted by Gasteiger charge is -2.29. The van der Waals surface area contributed by atoms with Crippen LogP contribution in [0.15, 0.2) is 48.5 Å². The Morgan fingerprint density at radius 2 is 1.83 bits per heavy atom. The number of ether oxygens (including phenoxy) is 1. The van der Waals surface area contributed by atoms with Gasteiger partial charge in [0.1, 0.15) is 17.2 Å². The number of carbonyl (C=O) groups is 1. The van der Waals surface area contributed by atoms with E-state index in [9.17, 15) is 14.3 Å². The first-order valence-electron chi connectivity index (χ1n) is 9.81. The molecule has 0 amide bonds. The summed E-state index contributed by atoms with van der Waals surface area (Å²) in [7, 11) is 0. The maximum Gasteiger partial charge on any atom is 0.338 e. The molecule has 1 aliphatic heterocycles. The first kappa shape index (κ1) is 18.6. The van der Waals surface area contributed by atoms with Crippen LogP contribution in [0.5, 0.6) is 0 Å². The van der Waals surface area contributed by atoms with Gasteiger partial charge in [-0.1, -0.05) is 24.3 Å². The highest BCUT2D eigenvalue weighted by atomic mass is 19.1. The second-order valence-corrected chi connectivity index (χ2v) is 7.37. The molecule has 1 saturated heterocycles. The summed E-state index contributed by atoms with van der Waals surface area (Å²) in [4.78, 5) is 18.7. The Morgan fingerprint density at radius 3 is 2.57 bits per heavy atom. The van der Waals surface area contributed by atoms with Crippen LogP contribution < -0.4 is 4.90 Å². The van der Waals surface area contributed by atoms with E-state index >= 15 is 0 Å². The standard InChI is InChI=1S/C23H20FN3O3/c1-14-25-22-18(23(28)29)12-15(26-8-10-30-11-9-26)13-21(22)27(14)20-7-6-19(24)16-4-2-3-5-17(16)20/h2-7,12-13H,8-11H2,1H3,(H,28,29). The number of morpholine rings is 1. The molecule has 1 aromatic heterocycles. The van der Waals surface area contributed by atoms with Gasteiger partial charge in [0, 0.05) is 29.5 Å². The zero-order valence-corrected chi connectivity index (χ0v) is 16.4. The molecular formula is C23H20FN3O3. The van der Waals surface area contributed by atoms with Crippen molar-refractivity contribution in [2.45, 2.75) is 6.92 Å². The number of imidazole rings is 1. The largest absolute Gasteiger partial charge is 0.478 e. The molecule has 5 rings (SSSR count). The summed E-state index contributed by atoms with van der Waals surface area (Å²) in [5.41, 5.74) is 2.84. The van der Waals surface area contributed by atoms with E-state index in [1.165, 1.54) is 6.07 Å². The topological polar surface area (TPSA) is 67.6 Å². The molecule has 1 fully saturated rings. The zero-order chi connectivity index (χ0) is 20.8. The molecule has 6 nitrogen and oxygen atoms in total. The summed E-state index contributed by atoms with van der Waals surface area (Å²) < 4.78 is 21.7. The minimum atomic E-state index is -1.02. The van der Waals surface area contributed by atoms with Gasteiger partial charge in [0.2, 0.25) is 0 Å². The zero-order valence-electron chi connectivity index (χ0n) is 16.4. The highest BCUT2D eigenvalue weighted by Crippen LogP contribution is 2.33. The Bertz CT molecular complexity index is 1290. The Kier molecular flexibility index (Phi) is 4.40. The van der Waals surface area contributed by atoms with Crippen molar-refractivity contribution in [1.29, 1.82) is 0 Å². The van der Waals surface area contributed by atoms with Crippen molar-refractivity contribution < 1.29 is 19.0 Å². The van der Waals surface area contributed by atoms with E-state index < -0.39 is 5.97 Å². The Balaban J connectivity index is 1.81. The third-order valence-corrected chi connectivity index (χ3v) is 5.61. The summed E-state index contributed by atoms with van der Waals surface area (Å²) in [6.45, 7) is 4.41. The second-order valence-electron chi connectivity index (χ2n) is 7.37. The van der Waals surface area contributed by atoms with Gasteiger partial charge in [-0.15, -0.1) is 0 Å². The molecule has 1 N–H and O–H groups in total. The summed E-state index contributed by atoms with van der Waals surface area (Å²) >= 11 is 0. The van der Waals surface area contributed by atoms with E-state index in [0.29, 0.717) is 48.5 Å². The monoisotopic (exact) mass is 405 g/mol. The Hall–Kier alpha value is -3.45.